The first-order valence-corrected chi connectivity index (χ1v) is 42.7. The van der Waals surface area contributed by atoms with E-state index in [-0.39, 0.29) is 25.7 Å². The van der Waals surface area contributed by atoms with Crippen LogP contribution in [0.5, 0.6) is 0 Å². The first kappa shape index (κ1) is 98.7. The SMILES string of the molecule is CC/C=C\C/C=C\C/C=C\C/C=C\C/C=C\C/C=C\CCC(=O)OCC(COP(=O)(O)OCC(O)COP(=O)(O)OCC(COC(=O)C/C=C\C/C=C\C/C=C\C/C=C\C/C=C\CC)OC(=O)CCCCCCCCCCCCCCCCC)OC(=O)CCCCCCC/C=C\C/C=C\CCCCC. The fourth-order valence-electron chi connectivity index (χ4n) is 10.1. The standard InChI is InChI=1S/C85H140O17P2/c1-5-9-13-17-21-25-29-33-37-38-39-40-44-46-50-54-58-62-66-70-83(88)96-76-81(102-85(90)72-68-64-60-56-52-48-43-36-32-28-24-20-16-12-8-4)78-100-104(93,94)98-74-79(86)73-97-103(91,92)99-77-80(101-84(89)71-67-63-59-55-51-47-42-35-31-27-23-19-15-11-7-3)75-95-82(87)69-65-61-57-53-49-45-41-34-30-26-22-18-14-10-6-2/h9-10,13-14,21-22,24-26,28,33-34,36-37,39-41,43,46,49-50,53,58,61-62,65,79-81,86H,5-8,11-12,15-20,23,27,29-32,35,38,42,44-45,47-48,51-52,54-57,59-60,63-64,66-78H2,1-4H3,(H,91,92)(H,93,94)/b13-9-,14-10-,25-21-,26-22-,28-24-,37-33-,40-39-,41-34-,43-36-,50-46-,53-49-,62-58-,65-61-. The zero-order valence-corrected chi connectivity index (χ0v) is 66.4. The number of phosphoric ester groups is 2. The van der Waals surface area contributed by atoms with Crippen LogP contribution in [0.25, 0.3) is 0 Å². The molecular formula is C85H140O17P2. The van der Waals surface area contributed by atoms with E-state index >= 15 is 0 Å². The molecule has 0 radical (unpaired) electrons. The minimum absolute atomic E-state index is 0.0269. The number of hydrogen-bond acceptors (Lipinski definition) is 15. The minimum atomic E-state index is -5.01. The van der Waals surface area contributed by atoms with Crippen molar-refractivity contribution in [2.45, 2.75) is 316 Å². The van der Waals surface area contributed by atoms with E-state index in [1.54, 1.807) is 6.08 Å². The molecule has 17 nitrogen and oxygen atoms in total. The first-order chi connectivity index (χ1) is 50.7. The highest BCUT2D eigenvalue weighted by Gasteiger charge is 2.30. The van der Waals surface area contributed by atoms with Crippen molar-refractivity contribution in [3.63, 3.8) is 0 Å². The zero-order valence-electron chi connectivity index (χ0n) is 64.6. The topological polar surface area (TPSA) is 237 Å². The maximum atomic E-state index is 13.1. The van der Waals surface area contributed by atoms with Crippen molar-refractivity contribution in [2.75, 3.05) is 39.6 Å². The number of carbonyl (C=O) groups is 4. The highest BCUT2D eigenvalue weighted by molar-refractivity contribution is 7.47. The number of aliphatic hydroxyl groups excluding tert-OH is 1. The summed E-state index contributed by atoms with van der Waals surface area (Å²) in [6.45, 7) is 4.41. The molecule has 19 heteroatoms. The monoisotopic (exact) mass is 1490 g/mol. The van der Waals surface area contributed by atoms with E-state index in [0.29, 0.717) is 32.1 Å². The molecule has 0 aliphatic rings. The van der Waals surface area contributed by atoms with Crippen molar-refractivity contribution in [3.05, 3.63) is 158 Å². The fraction of sp³-hybridized carbons (Fsp3) is 0.647. The molecule has 0 amide bonds. The second kappa shape index (κ2) is 75.9. The molecule has 0 bridgehead atoms. The highest BCUT2D eigenvalue weighted by atomic mass is 31.2. The maximum Gasteiger partial charge on any atom is 0.472 e. The molecule has 0 heterocycles. The third kappa shape index (κ3) is 74.9. The van der Waals surface area contributed by atoms with Gasteiger partial charge in [-0.2, -0.15) is 0 Å². The predicted molar refractivity (Wildman–Crippen MR) is 427 cm³/mol. The van der Waals surface area contributed by atoms with Gasteiger partial charge in [0.1, 0.15) is 19.3 Å². The van der Waals surface area contributed by atoms with Crippen LogP contribution in [-0.2, 0) is 65.4 Å². The van der Waals surface area contributed by atoms with Crippen LogP contribution < -0.4 is 0 Å². The van der Waals surface area contributed by atoms with Gasteiger partial charge in [0.05, 0.1) is 32.8 Å². The predicted octanol–water partition coefficient (Wildman–Crippen LogP) is 23.2. The van der Waals surface area contributed by atoms with Gasteiger partial charge < -0.3 is 33.8 Å². The molecule has 0 fully saturated rings. The van der Waals surface area contributed by atoms with Gasteiger partial charge in [0.15, 0.2) is 12.2 Å². The average Bonchev–Trinajstić information content (AvgIpc) is 0.918. The maximum absolute atomic E-state index is 13.1. The normalized spacial score (nSPS) is 14.7. The van der Waals surface area contributed by atoms with Crippen LogP contribution in [0.2, 0.25) is 0 Å². The lowest BCUT2D eigenvalue weighted by molar-refractivity contribution is -0.161. The number of rotatable bonds is 73. The summed E-state index contributed by atoms with van der Waals surface area (Å²) in [6.07, 6.45) is 88.4. The summed E-state index contributed by atoms with van der Waals surface area (Å²) in [6, 6.07) is 0. The molecule has 0 aliphatic heterocycles. The van der Waals surface area contributed by atoms with Crippen molar-refractivity contribution in [1.29, 1.82) is 0 Å². The van der Waals surface area contributed by atoms with Gasteiger partial charge in [-0.1, -0.05) is 308 Å². The lowest BCUT2D eigenvalue weighted by atomic mass is 10.0. The Morgan fingerprint density at radius 2 is 0.558 bits per heavy atom. The number of phosphoric acid groups is 2. The van der Waals surface area contributed by atoms with Crippen molar-refractivity contribution in [2.24, 2.45) is 0 Å². The third-order valence-corrected chi connectivity index (χ3v) is 17.9. The Morgan fingerprint density at radius 1 is 0.288 bits per heavy atom. The van der Waals surface area contributed by atoms with Crippen molar-refractivity contribution in [1.82, 2.24) is 0 Å². The van der Waals surface area contributed by atoms with Gasteiger partial charge in [0.2, 0.25) is 0 Å². The van der Waals surface area contributed by atoms with Crippen LogP contribution in [0, 0.1) is 0 Å². The van der Waals surface area contributed by atoms with Gasteiger partial charge in [-0.3, -0.25) is 37.3 Å². The van der Waals surface area contributed by atoms with Crippen LogP contribution >= 0.6 is 15.6 Å². The second-order valence-corrected chi connectivity index (χ2v) is 28.8. The van der Waals surface area contributed by atoms with E-state index < -0.39 is 97.5 Å². The fourth-order valence-corrected chi connectivity index (χ4v) is 11.6. The van der Waals surface area contributed by atoms with Crippen molar-refractivity contribution >= 4 is 39.5 Å². The summed E-state index contributed by atoms with van der Waals surface area (Å²) >= 11 is 0. The molecule has 0 aromatic carbocycles. The van der Waals surface area contributed by atoms with E-state index in [1.807, 2.05) is 36.5 Å². The molecule has 0 spiro atoms. The van der Waals surface area contributed by atoms with Gasteiger partial charge in [-0.05, 0) is 122 Å². The Hall–Kier alpha value is -5.32. The summed E-state index contributed by atoms with van der Waals surface area (Å²) in [5.41, 5.74) is 0. The number of unbranched alkanes of at least 4 members (excludes halogenated alkanes) is 22. The van der Waals surface area contributed by atoms with Gasteiger partial charge in [-0.25, -0.2) is 9.13 Å². The van der Waals surface area contributed by atoms with Gasteiger partial charge in [0.25, 0.3) is 0 Å². The molecule has 0 aliphatic carbocycles. The highest BCUT2D eigenvalue weighted by Crippen LogP contribution is 2.45. The number of carbonyl (C=O) groups excluding carboxylic acids is 4. The molecule has 104 heavy (non-hydrogen) atoms. The molecule has 0 saturated carbocycles. The molecule has 0 rings (SSSR count). The molecule has 5 atom stereocenters. The summed E-state index contributed by atoms with van der Waals surface area (Å²) in [4.78, 5) is 72.9. The Morgan fingerprint density at radius 3 is 0.913 bits per heavy atom. The summed E-state index contributed by atoms with van der Waals surface area (Å²) in [5, 5.41) is 10.6. The van der Waals surface area contributed by atoms with E-state index in [0.717, 1.165) is 128 Å². The molecular weight excluding hydrogens is 1350 g/mol. The Labute approximate surface area is 629 Å². The zero-order chi connectivity index (χ0) is 76.0. The molecule has 0 aromatic heterocycles. The first-order valence-electron chi connectivity index (χ1n) is 39.7. The van der Waals surface area contributed by atoms with Crippen molar-refractivity contribution < 1.29 is 80.2 Å². The summed E-state index contributed by atoms with van der Waals surface area (Å²) < 4.78 is 68.4. The average molecular weight is 1500 g/mol. The second-order valence-electron chi connectivity index (χ2n) is 25.9. The summed E-state index contributed by atoms with van der Waals surface area (Å²) in [5.74, 6) is -2.44. The number of aliphatic hydroxyl groups is 1. The molecule has 0 aromatic rings. The molecule has 0 saturated heterocycles. The smallest absolute Gasteiger partial charge is 0.462 e. The molecule has 592 valence electrons. The van der Waals surface area contributed by atoms with Crippen LogP contribution in [0.4, 0.5) is 0 Å². The van der Waals surface area contributed by atoms with Crippen LogP contribution in [0.1, 0.15) is 297 Å². The van der Waals surface area contributed by atoms with Crippen LogP contribution in [-0.4, -0.2) is 96.7 Å². The van der Waals surface area contributed by atoms with Gasteiger partial charge >= 0.3 is 39.5 Å². The van der Waals surface area contributed by atoms with E-state index in [2.05, 4.69) is 143 Å². The van der Waals surface area contributed by atoms with E-state index in [1.165, 1.54) is 83.5 Å². The molecule has 5 unspecified atom stereocenters. The molecule has 3 N–H and O–H groups in total. The number of allylic oxidation sites excluding steroid dienone is 25. The van der Waals surface area contributed by atoms with Crippen LogP contribution in [0.15, 0.2) is 158 Å². The minimum Gasteiger partial charge on any atom is -0.462 e. The number of ether oxygens (including phenoxy) is 4. The van der Waals surface area contributed by atoms with Crippen LogP contribution in [0.3, 0.4) is 0 Å². The Kier molecular flexibility index (Phi) is 72.0. The van der Waals surface area contributed by atoms with Gasteiger partial charge in [0, 0.05) is 19.3 Å². The Bertz CT molecular complexity index is 2590. The lowest BCUT2D eigenvalue weighted by Crippen LogP contribution is -2.30. The lowest BCUT2D eigenvalue weighted by Gasteiger charge is -2.21. The van der Waals surface area contributed by atoms with E-state index in [4.69, 9.17) is 37.0 Å². The van der Waals surface area contributed by atoms with E-state index in [9.17, 15) is 43.2 Å². The van der Waals surface area contributed by atoms with Gasteiger partial charge in [-0.15, -0.1) is 0 Å². The Balaban J connectivity index is 5.50. The third-order valence-electron chi connectivity index (χ3n) is 16.0. The summed E-state index contributed by atoms with van der Waals surface area (Å²) in [7, 11) is -10.0. The van der Waals surface area contributed by atoms with Crippen molar-refractivity contribution in [3.8, 4) is 0 Å². The number of hydrogen-bond donors (Lipinski definition) is 3. The number of esters is 4. The quantitative estimate of drug-likeness (QED) is 0.0169. The largest absolute Gasteiger partial charge is 0.472 e.